The molecule has 7 heteroatoms. The zero-order chi connectivity index (χ0) is 22.8. The highest BCUT2D eigenvalue weighted by Gasteiger charge is 2.22. The van der Waals surface area contributed by atoms with Crippen molar-refractivity contribution in [1.29, 1.82) is 0 Å². The van der Waals surface area contributed by atoms with E-state index in [2.05, 4.69) is 15.4 Å². The van der Waals surface area contributed by atoms with Crippen LogP contribution in [0.4, 0.5) is 4.39 Å². The number of amides is 1. The summed E-state index contributed by atoms with van der Waals surface area (Å²) >= 11 is 1.40. The van der Waals surface area contributed by atoms with E-state index in [1.54, 1.807) is 18.3 Å². The van der Waals surface area contributed by atoms with Crippen molar-refractivity contribution in [2.24, 2.45) is 0 Å². The van der Waals surface area contributed by atoms with Gasteiger partial charge < -0.3 is 5.32 Å². The Morgan fingerprint density at radius 3 is 2.55 bits per heavy atom. The van der Waals surface area contributed by atoms with Crippen LogP contribution in [0.15, 0.2) is 85.1 Å². The van der Waals surface area contributed by atoms with E-state index in [4.69, 9.17) is 0 Å². The van der Waals surface area contributed by atoms with Crippen LogP contribution >= 0.6 is 11.3 Å². The Hall–Kier alpha value is -3.84. The fourth-order valence-electron chi connectivity index (χ4n) is 3.82. The molecule has 0 aliphatic rings. The lowest BCUT2D eigenvalue weighted by Crippen LogP contribution is -2.29. The van der Waals surface area contributed by atoms with Gasteiger partial charge in [0.15, 0.2) is 0 Å². The van der Waals surface area contributed by atoms with Crippen molar-refractivity contribution in [3.05, 3.63) is 118 Å². The van der Waals surface area contributed by atoms with Crippen LogP contribution in [-0.4, -0.2) is 20.7 Å². The lowest BCUT2D eigenvalue weighted by atomic mass is 10.0. The summed E-state index contributed by atoms with van der Waals surface area (Å²) < 4.78 is 15.1. The predicted molar refractivity (Wildman–Crippen MR) is 128 cm³/mol. The maximum atomic E-state index is 13.3. The number of fused-ring (bicyclic) bond motifs is 1. The Morgan fingerprint density at radius 1 is 1.06 bits per heavy atom. The van der Waals surface area contributed by atoms with E-state index in [1.807, 2.05) is 66.2 Å². The van der Waals surface area contributed by atoms with E-state index < -0.39 is 0 Å². The van der Waals surface area contributed by atoms with Crippen molar-refractivity contribution in [2.75, 3.05) is 0 Å². The monoisotopic (exact) mass is 456 g/mol. The van der Waals surface area contributed by atoms with Crippen LogP contribution in [0.25, 0.3) is 10.2 Å². The molecule has 164 valence electrons. The van der Waals surface area contributed by atoms with Gasteiger partial charge in [-0.3, -0.25) is 14.5 Å². The number of carbonyl (C=O) groups excluding carboxylic acids is 1. The van der Waals surface area contributed by atoms with Gasteiger partial charge in [0.05, 0.1) is 28.9 Å². The maximum absolute atomic E-state index is 13.3. The van der Waals surface area contributed by atoms with Crippen LogP contribution in [0.2, 0.25) is 0 Å². The summed E-state index contributed by atoms with van der Waals surface area (Å²) in [6.45, 7) is 2.44. The first-order chi connectivity index (χ1) is 16.1. The lowest BCUT2D eigenvalue weighted by molar-refractivity contribution is 0.0946. The summed E-state index contributed by atoms with van der Waals surface area (Å²) in [5, 5.41) is 8.71. The van der Waals surface area contributed by atoms with Crippen molar-refractivity contribution in [1.82, 2.24) is 20.1 Å². The molecule has 0 spiro atoms. The second-order valence-electron chi connectivity index (χ2n) is 7.77. The van der Waals surface area contributed by atoms with E-state index >= 15 is 0 Å². The van der Waals surface area contributed by atoms with Crippen LogP contribution in [0, 0.1) is 12.7 Å². The van der Waals surface area contributed by atoms with E-state index in [-0.39, 0.29) is 17.8 Å². The van der Waals surface area contributed by atoms with Crippen LogP contribution in [0.1, 0.15) is 38.2 Å². The third kappa shape index (κ3) is 4.40. The first-order valence-electron chi connectivity index (χ1n) is 10.6. The van der Waals surface area contributed by atoms with Gasteiger partial charge in [-0.05, 0) is 48.4 Å². The number of nitrogens with one attached hydrogen (secondary N) is 1. The van der Waals surface area contributed by atoms with E-state index in [0.29, 0.717) is 11.4 Å². The van der Waals surface area contributed by atoms with Gasteiger partial charge in [0.1, 0.15) is 10.6 Å². The van der Waals surface area contributed by atoms with Crippen molar-refractivity contribution in [3.8, 4) is 0 Å². The minimum Gasteiger partial charge on any atom is -0.339 e. The molecule has 3 aromatic heterocycles. The molecule has 0 saturated heterocycles. The Morgan fingerprint density at radius 2 is 1.82 bits per heavy atom. The number of pyridine rings is 1. The number of rotatable bonds is 6. The van der Waals surface area contributed by atoms with Crippen LogP contribution in [-0.2, 0) is 6.54 Å². The summed E-state index contributed by atoms with van der Waals surface area (Å²) in [6.07, 6.45) is 1.73. The Kier molecular flexibility index (Phi) is 5.71. The Balaban J connectivity index is 1.44. The molecule has 1 atom stereocenters. The summed E-state index contributed by atoms with van der Waals surface area (Å²) in [4.78, 5) is 19.3. The molecule has 33 heavy (non-hydrogen) atoms. The van der Waals surface area contributed by atoms with E-state index in [0.717, 1.165) is 32.7 Å². The van der Waals surface area contributed by atoms with Crippen molar-refractivity contribution < 1.29 is 9.18 Å². The molecular weight excluding hydrogens is 435 g/mol. The number of nitrogens with zero attached hydrogens (tertiary/aromatic N) is 3. The maximum Gasteiger partial charge on any atom is 0.262 e. The standard InChI is InChI=1S/C26H21FN4OS/c1-17-21-15-23(33-26(21)31(30-17)16-18-10-12-20(27)13-11-18)25(32)29-24(19-7-3-2-4-8-19)22-9-5-6-14-28-22/h2-15,24H,16H2,1H3,(H,29,32). The second kappa shape index (κ2) is 8.96. The molecule has 5 rings (SSSR count). The smallest absolute Gasteiger partial charge is 0.262 e. The molecule has 0 radical (unpaired) electrons. The number of hydrogen-bond donors (Lipinski definition) is 1. The van der Waals surface area contributed by atoms with Crippen LogP contribution in [0.5, 0.6) is 0 Å². The van der Waals surface area contributed by atoms with Gasteiger partial charge in [0.25, 0.3) is 5.91 Å². The molecule has 1 amide bonds. The van der Waals surface area contributed by atoms with E-state index in [9.17, 15) is 9.18 Å². The van der Waals surface area contributed by atoms with Crippen LogP contribution < -0.4 is 5.32 Å². The molecule has 2 aromatic carbocycles. The predicted octanol–water partition coefficient (Wildman–Crippen LogP) is 5.51. The normalized spacial score (nSPS) is 12.1. The van der Waals surface area contributed by atoms with Gasteiger partial charge in [0, 0.05) is 11.6 Å². The zero-order valence-electron chi connectivity index (χ0n) is 17.9. The minimum absolute atomic E-state index is 0.163. The molecule has 0 aliphatic heterocycles. The third-order valence-electron chi connectivity index (χ3n) is 5.47. The Bertz CT molecular complexity index is 1360. The van der Waals surface area contributed by atoms with Crippen LogP contribution in [0.3, 0.4) is 0 Å². The summed E-state index contributed by atoms with van der Waals surface area (Å²) in [6, 6.07) is 23.4. The minimum atomic E-state index is -0.359. The highest BCUT2D eigenvalue weighted by molar-refractivity contribution is 7.20. The molecule has 0 aliphatic carbocycles. The summed E-state index contributed by atoms with van der Waals surface area (Å²) in [7, 11) is 0. The quantitative estimate of drug-likeness (QED) is 0.367. The second-order valence-corrected chi connectivity index (χ2v) is 8.80. The van der Waals surface area contributed by atoms with Gasteiger partial charge in [-0.15, -0.1) is 11.3 Å². The molecule has 0 bridgehead atoms. The van der Waals surface area contributed by atoms with Gasteiger partial charge in [-0.25, -0.2) is 4.39 Å². The first kappa shape index (κ1) is 21.0. The molecular formula is C26H21FN4OS. The molecule has 0 saturated carbocycles. The molecule has 5 aromatic rings. The van der Waals surface area contributed by atoms with Gasteiger partial charge >= 0.3 is 0 Å². The average Bonchev–Trinajstić information content (AvgIpc) is 3.41. The van der Waals surface area contributed by atoms with Gasteiger partial charge in [0.2, 0.25) is 0 Å². The van der Waals surface area contributed by atoms with Crippen molar-refractivity contribution in [2.45, 2.75) is 19.5 Å². The Labute approximate surface area is 194 Å². The third-order valence-corrected chi connectivity index (χ3v) is 6.62. The average molecular weight is 457 g/mol. The number of thiophene rings is 1. The molecule has 1 unspecified atom stereocenters. The highest BCUT2D eigenvalue weighted by atomic mass is 32.1. The summed E-state index contributed by atoms with van der Waals surface area (Å²) in [5.41, 5.74) is 3.53. The van der Waals surface area contributed by atoms with Crippen molar-refractivity contribution >= 4 is 27.5 Å². The number of aryl methyl sites for hydroxylation is 1. The molecule has 1 N–H and O–H groups in total. The summed E-state index contributed by atoms with van der Waals surface area (Å²) in [5.74, 6) is -0.431. The number of carbonyl (C=O) groups is 1. The first-order valence-corrected chi connectivity index (χ1v) is 11.4. The van der Waals surface area contributed by atoms with Gasteiger partial charge in [-0.1, -0.05) is 48.5 Å². The topological polar surface area (TPSA) is 59.8 Å². The molecule has 3 heterocycles. The fourth-order valence-corrected chi connectivity index (χ4v) is 4.88. The number of benzene rings is 2. The number of aromatic nitrogens is 3. The molecule has 5 nitrogen and oxygen atoms in total. The van der Waals surface area contributed by atoms with Crippen molar-refractivity contribution in [3.63, 3.8) is 0 Å². The fraction of sp³-hybridized carbons (Fsp3) is 0.115. The van der Waals surface area contributed by atoms with E-state index in [1.165, 1.54) is 23.5 Å². The number of halogens is 1. The SMILES string of the molecule is Cc1nn(Cc2ccc(F)cc2)c2sc(C(=O)NC(c3ccccc3)c3ccccn3)cc12. The zero-order valence-corrected chi connectivity index (χ0v) is 18.7. The van der Waals surface area contributed by atoms with Gasteiger partial charge in [-0.2, -0.15) is 5.10 Å². The highest BCUT2D eigenvalue weighted by Crippen LogP contribution is 2.30. The largest absolute Gasteiger partial charge is 0.339 e. The number of hydrogen-bond acceptors (Lipinski definition) is 4. The lowest BCUT2D eigenvalue weighted by Gasteiger charge is -2.18. The molecule has 0 fully saturated rings.